The van der Waals surface area contributed by atoms with Crippen LogP contribution in [-0.4, -0.2) is 34.7 Å². The van der Waals surface area contributed by atoms with Crippen LogP contribution in [0.15, 0.2) is 48.5 Å². The topological polar surface area (TPSA) is 18.5 Å². The predicted octanol–water partition coefficient (Wildman–Crippen LogP) is 4.86. The van der Waals surface area contributed by atoms with Gasteiger partial charge in [-0.05, 0) is 54.5 Å². The van der Waals surface area contributed by atoms with Crippen molar-refractivity contribution in [3.05, 3.63) is 64.1 Å². The van der Waals surface area contributed by atoms with Gasteiger partial charge >= 0.3 is 0 Å². The summed E-state index contributed by atoms with van der Waals surface area (Å²) in [5, 5.41) is 5.48. The van der Waals surface area contributed by atoms with E-state index < -0.39 is 0 Å². The van der Waals surface area contributed by atoms with Gasteiger partial charge in [0.25, 0.3) is 0 Å². The maximum absolute atomic E-state index is 6.07. The number of nitrogens with zero attached hydrogens (tertiary/aromatic N) is 2. The van der Waals surface area contributed by atoms with Gasteiger partial charge in [0.05, 0.1) is 6.67 Å². The molecule has 126 valence electrons. The molecule has 1 N–H and O–H groups in total. The van der Waals surface area contributed by atoms with Crippen molar-refractivity contribution in [3.63, 3.8) is 0 Å². The zero-order chi connectivity index (χ0) is 16.9. The molecule has 0 bridgehead atoms. The Kier molecular flexibility index (Phi) is 5.95. The summed E-state index contributed by atoms with van der Waals surface area (Å²) >= 11 is 17.7. The molecule has 0 amide bonds. The fraction of sp³-hybridized carbons (Fsp3) is 0.278. The van der Waals surface area contributed by atoms with Crippen molar-refractivity contribution in [2.45, 2.75) is 13.0 Å². The average Bonchev–Trinajstić information content (AvgIpc) is 2.55. The van der Waals surface area contributed by atoms with Crippen molar-refractivity contribution in [3.8, 4) is 0 Å². The molecule has 1 saturated heterocycles. The number of halogens is 2. The maximum Gasteiger partial charge on any atom is 0.174 e. The molecule has 2 aromatic carbocycles. The zero-order valence-corrected chi connectivity index (χ0v) is 15.5. The second kappa shape index (κ2) is 8.17. The van der Waals surface area contributed by atoms with Gasteiger partial charge in [0.15, 0.2) is 5.11 Å². The van der Waals surface area contributed by atoms with Crippen molar-refractivity contribution < 1.29 is 0 Å². The molecule has 3 nitrogen and oxygen atoms in total. The van der Waals surface area contributed by atoms with E-state index in [-0.39, 0.29) is 0 Å². The highest BCUT2D eigenvalue weighted by atomic mass is 35.5. The van der Waals surface area contributed by atoms with Crippen LogP contribution in [0.5, 0.6) is 0 Å². The smallest absolute Gasteiger partial charge is 0.174 e. The Hall–Kier alpha value is -1.33. The predicted molar refractivity (Wildman–Crippen MR) is 106 cm³/mol. The second-order valence-corrected chi connectivity index (χ2v) is 7.14. The highest BCUT2D eigenvalue weighted by Gasteiger charge is 2.19. The van der Waals surface area contributed by atoms with Gasteiger partial charge in [-0.2, -0.15) is 0 Å². The van der Waals surface area contributed by atoms with E-state index in [0.717, 1.165) is 48.5 Å². The molecule has 0 atom stereocenters. The summed E-state index contributed by atoms with van der Waals surface area (Å²) in [4.78, 5) is 4.56. The highest BCUT2D eigenvalue weighted by molar-refractivity contribution is 7.80. The normalized spacial score (nSPS) is 15.3. The number of benzene rings is 2. The lowest BCUT2D eigenvalue weighted by atomic mass is 10.2. The van der Waals surface area contributed by atoms with Gasteiger partial charge < -0.3 is 10.2 Å². The van der Waals surface area contributed by atoms with Crippen LogP contribution in [0.3, 0.4) is 0 Å². The highest BCUT2D eigenvalue weighted by Crippen LogP contribution is 2.18. The first-order chi connectivity index (χ1) is 11.6. The van der Waals surface area contributed by atoms with E-state index in [1.807, 2.05) is 42.5 Å². The molecule has 0 spiro atoms. The number of nitrogens with one attached hydrogen (secondary N) is 1. The lowest BCUT2D eigenvalue weighted by Gasteiger charge is -2.37. The molecule has 0 aromatic heterocycles. The Labute approximate surface area is 158 Å². The van der Waals surface area contributed by atoms with E-state index >= 15 is 0 Å². The third-order valence-corrected chi connectivity index (χ3v) is 4.76. The van der Waals surface area contributed by atoms with Gasteiger partial charge in [0, 0.05) is 35.4 Å². The van der Waals surface area contributed by atoms with Crippen molar-refractivity contribution in [2.75, 3.05) is 25.1 Å². The van der Waals surface area contributed by atoms with Crippen molar-refractivity contribution >= 4 is 46.2 Å². The summed E-state index contributed by atoms with van der Waals surface area (Å²) in [6, 6.07) is 15.6. The van der Waals surface area contributed by atoms with E-state index in [1.165, 1.54) is 5.56 Å². The van der Waals surface area contributed by atoms with Crippen LogP contribution in [0.4, 0.5) is 5.69 Å². The third-order valence-electron chi connectivity index (χ3n) is 3.93. The van der Waals surface area contributed by atoms with Crippen molar-refractivity contribution in [2.24, 2.45) is 0 Å². The van der Waals surface area contributed by atoms with Crippen LogP contribution in [0.25, 0.3) is 0 Å². The summed E-state index contributed by atoms with van der Waals surface area (Å²) in [5.41, 5.74) is 2.14. The number of hydrogen-bond acceptors (Lipinski definition) is 2. The lowest BCUT2D eigenvalue weighted by Crippen LogP contribution is -2.48. The molecule has 2 aromatic rings. The first kappa shape index (κ1) is 17.5. The fourth-order valence-corrected chi connectivity index (χ4v) is 3.50. The molecular formula is C18H19Cl2N3S. The van der Waals surface area contributed by atoms with Crippen LogP contribution < -0.4 is 5.32 Å². The van der Waals surface area contributed by atoms with Crippen LogP contribution in [-0.2, 0) is 6.54 Å². The van der Waals surface area contributed by atoms with Gasteiger partial charge in [-0.25, -0.2) is 0 Å². The second-order valence-electron chi connectivity index (χ2n) is 5.88. The molecule has 1 fully saturated rings. The maximum atomic E-state index is 6.07. The molecule has 1 aliphatic heterocycles. The molecule has 0 radical (unpaired) electrons. The lowest BCUT2D eigenvalue weighted by molar-refractivity contribution is 0.134. The number of hydrogen-bond donors (Lipinski definition) is 1. The standard InChI is InChI=1S/C18H19Cl2N3S/c19-15-5-1-4-14(10-15)12-22-8-3-9-23(13-22)18(24)21-17-7-2-6-16(20)11-17/h1-2,4-7,10-11H,3,8-9,12-13H2,(H,21,24). The van der Waals surface area contributed by atoms with Crippen molar-refractivity contribution in [1.29, 1.82) is 0 Å². The van der Waals surface area contributed by atoms with E-state index in [2.05, 4.69) is 21.2 Å². The summed E-state index contributed by atoms with van der Waals surface area (Å²) in [7, 11) is 0. The van der Waals surface area contributed by atoms with Gasteiger partial charge in [0.2, 0.25) is 0 Å². The van der Waals surface area contributed by atoms with E-state index in [1.54, 1.807) is 0 Å². The molecular weight excluding hydrogens is 361 g/mol. The largest absolute Gasteiger partial charge is 0.336 e. The number of anilines is 1. The van der Waals surface area contributed by atoms with Crippen molar-refractivity contribution in [1.82, 2.24) is 9.80 Å². The molecule has 1 aliphatic rings. The van der Waals surface area contributed by atoms with Crippen LogP contribution in [0.1, 0.15) is 12.0 Å². The first-order valence-electron chi connectivity index (χ1n) is 7.88. The average molecular weight is 380 g/mol. The molecule has 0 aliphatic carbocycles. The van der Waals surface area contributed by atoms with E-state index in [4.69, 9.17) is 35.4 Å². The Morgan fingerprint density at radius 1 is 1.04 bits per heavy atom. The number of thiocarbonyl (C=S) groups is 1. The SMILES string of the molecule is S=C(Nc1cccc(Cl)c1)N1CCCN(Cc2cccc(Cl)c2)C1. The minimum Gasteiger partial charge on any atom is -0.336 e. The minimum absolute atomic E-state index is 0.698. The third kappa shape index (κ3) is 4.84. The Morgan fingerprint density at radius 3 is 2.54 bits per heavy atom. The Bertz CT molecular complexity index is 723. The van der Waals surface area contributed by atoms with E-state index in [0.29, 0.717) is 5.02 Å². The quantitative estimate of drug-likeness (QED) is 0.767. The molecule has 6 heteroatoms. The molecule has 0 unspecified atom stereocenters. The monoisotopic (exact) mass is 379 g/mol. The zero-order valence-electron chi connectivity index (χ0n) is 13.2. The summed E-state index contributed by atoms with van der Waals surface area (Å²) in [6.45, 7) is 3.69. The molecule has 24 heavy (non-hydrogen) atoms. The Balaban J connectivity index is 1.59. The molecule has 1 heterocycles. The van der Waals surface area contributed by atoms with E-state index in [9.17, 15) is 0 Å². The molecule has 3 rings (SSSR count). The van der Waals surface area contributed by atoms with Gasteiger partial charge in [-0.1, -0.05) is 41.4 Å². The van der Waals surface area contributed by atoms with Gasteiger partial charge in [-0.15, -0.1) is 0 Å². The van der Waals surface area contributed by atoms with Crippen LogP contribution in [0.2, 0.25) is 10.0 Å². The van der Waals surface area contributed by atoms with Crippen LogP contribution >= 0.6 is 35.4 Å². The summed E-state index contributed by atoms with van der Waals surface area (Å²) in [5.74, 6) is 0. The van der Waals surface area contributed by atoms with Gasteiger partial charge in [0.1, 0.15) is 0 Å². The van der Waals surface area contributed by atoms with Gasteiger partial charge in [-0.3, -0.25) is 4.90 Å². The van der Waals surface area contributed by atoms with Crippen LogP contribution in [0, 0.1) is 0 Å². The minimum atomic E-state index is 0.698. The Morgan fingerprint density at radius 2 is 1.79 bits per heavy atom. The summed E-state index contributed by atoms with van der Waals surface area (Å²) < 4.78 is 0. The first-order valence-corrected chi connectivity index (χ1v) is 9.05. The molecule has 0 saturated carbocycles. The summed E-state index contributed by atoms with van der Waals surface area (Å²) in [6.07, 6.45) is 1.08. The number of rotatable bonds is 3. The fourth-order valence-electron chi connectivity index (χ4n) is 2.83.